The summed E-state index contributed by atoms with van der Waals surface area (Å²) in [4.78, 5) is 24.6. The SMILES string of the molecule is CCCCCCCCCCCCCCCCCCC/C=C/C(O)C(CO)NC(=O)CCCCCCCCCCCCCCCCC/C=C\C/C=C\CCCCCCCCCCCOC(=O)CCCCCCCCCCCCCCCC. The second kappa shape index (κ2) is 70.6. The van der Waals surface area contributed by atoms with Crippen molar-refractivity contribution >= 4 is 11.9 Å². The van der Waals surface area contributed by atoms with E-state index < -0.39 is 12.1 Å². The molecule has 6 nitrogen and oxygen atoms in total. The number of amides is 1. The maximum atomic E-state index is 12.5. The maximum Gasteiger partial charge on any atom is 0.305 e. The van der Waals surface area contributed by atoms with Crippen LogP contribution in [0.15, 0.2) is 36.5 Å². The molecule has 1 amide bonds. The number of carbonyl (C=O) groups excluding carboxylic acids is 2. The number of hydrogen-bond donors (Lipinski definition) is 3. The van der Waals surface area contributed by atoms with Crippen LogP contribution in [0.1, 0.15) is 406 Å². The zero-order valence-corrected chi connectivity index (χ0v) is 54.8. The first-order valence-electron chi connectivity index (χ1n) is 36.8. The average Bonchev–Trinajstić information content (AvgIpc) is 3.47. The van der Waals surface area contributed by atoms with Gasteiger partial charge < -0.3 is 20.3 Å². The molecule has 2 atom stereocenters. The number of esters is 1. The summed E-state index contributed by atoms with van der Waals surface area (Å²) in [5.41, 5.74) is 0. The highest BCUT2D eigenvalue weighted by Gasteiger charge is 2.18. The predicted molar refractivity (Wildman–Crippen MR) is 356 cm³/mol. The fraction of sp³-hybridized carbons (Fsp3) is 0.893. The topological polar surface area (TPSA) is 95.9 Å². The summed E-state index contributed by atoms with van der Waals surface area (Å²) in [6.07, 6.45) is 90.9. The van der Waals surface area contributed by atoms with E-state index in [1.807, 2.05) is 6.08 Å². The number of rotatable bonds is 69. The molecule has 6 heteroatoms. The number of hydrogen-bond acceptors (Lipinski definition) is 5. The first-order valence-corrected chi connectivity index (χ1v) is 36.8. The van der Waals surface area contributed by atoms with Gasteiger partial charge in [-0.2, -0.15) is 0 Å². The Morgan fingerprint density at radius 2 is 0.617 bits per heavy atom. The Balaban J connectivity index is 3.41. The quantitative estimate of drug-likeness (QED) is 0.0320. The van der Waals surface area contributed by atoms with Gasteiger partial charge >= 0.3 is 5.97 Å². The van der Waals surface area contributed by atoms with E-state index in [0.717, 1.165) is 44.9 Å². The van der Waals surface area contributed by atoms with Gasteiger partial charge in [0, 0.05) is 12.8 Å². The standard InChI is InChI=1S/C75H143NO5/c1-3-5-7-9-11-13-15-17-19-20-34-37-40-43-47-51-55-59-63-67-73(78)72(71-77)76-74(79)68-64-60-56-52-48-44-41-38-35-32-30-28-26-24-22-21-23-25-27-29-31-33-36-39-42-46-50-54-58-62-66-70-81-75(80)69-65-61-57-53-49-45-18-16-14-12-10-8-6-4-2/h23,25,29,31,63,67,72-73,77-78H,3-22,24,26-28,30,32-62,64-66,68-71H2,1-2H3,(H,76,79)/b25-23-,31-29-,67-63+. The molecule has 0 bridgehead atoms. The fourth-order valence-electron chi connectivity index (χ4n) is 11.6. The van der Waals surface area contributed by atoms with Crippen molar-refractivity contribution in [2.45, 2.75) is 418 Å². The Kier molecular flexibility index (Phi) is 68.9. The van der Waals surface area contributed by atoms with Crippen LogP contribution in [0.3, 0.4) is 0 Å². The van der Waals surface area contributed by atoms with Crippen molar-refractivity contribution < 1.29 is 24.5 Å². The monoisotopic (exact) mass is 1140 g/mol. The van der Waals surface area contributed by atoms with Crippen LogP contribution in [0.5, 0.6) is 0 Å². The van der Waals surface area contributed by atoms with Gasteiger partial charge in [-0.3, -0.25) is 9.59 Å². The molecule has 81 heavy (non-hydrogen) atoms. The van der Waals surface area contributed by atoms with E-state index >= 15 is 0 Å². The van der Waals surface area contributed by atoms with E-state index in [4.69, 9.17) is 4.74 Å². The van der Waals surface area contributed by atoms with Crippen molar-refractivity contribution in [2.24, 2.45) is 0 Å². The highest BCUT2D eigenvalue weighted by atomic mass is 16.5. The molecule has 0 heterocycles. The minimum Gasteiger partial charge on any atom is -0.466 e. The molecule has 478 valence electrons. The molecule has 0 fully saturated rings. The highest BCUT2D eigenvalue weighted by Crippen LogP contribution is 2.19. The summed E-state index contributed by atoms with van der Waals surface area (Å²) in [6.45, 7) is 4.94. The molecular weight excluding hydrogens is 995 g/mol. The zero-order chi connectivity index (χ0) is 58.5. The van der Waals surface area contributed by atoms with Crippen molar-refractivity contribution in [3.05, 3.63) is 36.5 Å². The lowest BCUT2D eigenvalue weighted by molar-refractivity contribution is -0.143. The number of allylic oxidation sites excluding steroid dienone is 5. The molecule has 0 saturated heterocycles. The van der Waals surface area contributed by atoms with Crippen LogP contribution in [-0.2, 0) is 14.3 Å². The first-order chi connectivity index (χ1) is 40.0. The van der Waals surface area contributed by atoms with E-state index in [1.54, 1.807) is 6.08 Å². The molecule has 0 aromatic carbocycles. The van der Waals surface area contributed by atoms with Crippen molar-refractivity contribution in [1.29, 1.82) is 0 Å². The molecule has 0 radical (unpaired) electrons. The lowest BCUT2D eigenvalue weighted by Gasteiger charge is -2.20. The van der Waals surface area contributed by atoms with E-state index in [-0.39, 0.29) is 18.5 Å². The minimum atomic E-state index is -0.845. The van der Waals surface area contributed by atoms with E-state index in [2.05, 4.69) is 43.5 Å². The van der Waals surface area contributed by atoms with Crippen LogP contribution in [0.2, 0.25) is 0 Å². The number of aliphatic hydroxyl groups is 2. The summed E-state index contributed by atoms with van der Waals surface area (Å²) < 4.78 is 5.49. The Hall–Kier alpha value is -1.92. The minimum absolute atomic E-state index is 0.0157. The van der Waals surface area contributed by atoms with Crippen molar-refractivity contribution in [2.75, 3.05) is 13.2 Å². The average molecular weight is 1140 g/mol. The zero-order valence-electron chi connectivity index (χ0n) is 54.8. The van der Waals surface area contributed by atoms with E-state index in [0.29, 0.717) is 19.4 Å². The molecular formula is C75H143NO5. The Bertz CT molecular complexity index is 1310. The molecule has 2 unspecified atom stereocenters. The Morgan fingerprint density at radius 3 is 0.938 bits per heavy atom. The van der Waals surface area contributed by atoms with Gasteiger partial charge in [0.2, 0.25) is 5.91 Å². The number of nitrogens with one attached hydrogen (secondary N) is 1. The van der Waals surface area contributed by atoms with Crippen molar-refractivity contribution in [3.8, 4) is 0 Å². The summed E-state index contributed by atoms with van der Waals surface area (Å²) in [6, 6.07) is -0.628. The lowest BCUT2D eigenvalue weighted by Crippen LogP contribution is -2.45. The summed E-state index contributed by atoms with van der Waals surface area (Å²) >= 11 is 0. The predicted octanol–water partition coefficient (Wildman–Crippen LogP) is 23.9. The fourth-order valence-corrected chi connectivity index (χ4v) is 11.6. The molecule has 0 aliphatic heterocycles. The second-order valence-electron chi connectivity index (χ2n) is 25.3. The normalized spacial score (nSPS) is 12.7. The molecule has 3 N–H and O–H groups in total. The molecule has 0 saturated carbocycles. The summed E-state index contributed by atoms with van der Waals surface area (Å²) in [5.74, 6) is -0.0482. The molecule has 0 spiro atoms. The molecule has 0 aromatic heterocycles. The van der Waals surface area contributed by atoms with Crippen LogP contribution in [0.25, 0.3) is 0 Å². The molecule has 0 aliphatic rings. The van der Waals surface area contributed by atoms with Gasteiger partial charge in [-0.1, -0.05) is 365 Å². The van der Waals surface area contributed by atoms with Gasteiger partial charge in [-0.15, -0.1) is 0 Å². The van der Waals surface area contributed by atoms with Gasteiger partial charge in [0.05, 0.1) is 25.4 Å². The molecule has 0 aromatic rings. The van der Waals surface area contributed by atoms with Gasteiger partial charge in [-0.25, -0.2) is 0 Å². The van der Waals surface area contributed by atoms with Crippen LogP contribution < -0.4 is 5.32 Å². The lowest BCUT2D eigenvalue weighted by atomic mass is 10.0. The number of carbonyl (C=O) groups is 2. The van der Waals surface area contributed by atoms with Crippen LogP contribution in [0.4, 0.5) is 0 Å². The van der Waals surface area contributed by atoms with Gasteiger partial charge in [-0.05, 0) is 64.2 Å². The van der Waals surface area contributed by atoms with Crippen molar-refractivity contribution in [1.82, 2.24) is 5.32 Å². The van der Waals surface area contributed by atoms with E-state index in [1.165, 1.54) is 334 Å². The van der Waals surface area contributed by atoms with Gasteiger partial charge in [0.25, 0.3) is 0 Å². The molecule has 0 rings (SSSR count). The van der Waals surface area contributed by atoms with Gasteiger partial charge in [0.1, 0.15) is 0 Å². The first kappa shape index (κ1) is 79.1. The second-order valence-corrected chi connectivity index (χ2v) is 25.3. The van der Waals surface area contributed by atoms with Crippen LogP contribution in [0, 0.1) is 0 Å². The number of ether oxygens (including phenoxy) is 1. The largest absolute Gasteiger partial charge is 0.466 e. The number of aliphatic hydroxyl groups excluding tert-OH is 2. The third kappa shape index (κ3) is 67.1. The Morgan fingerprint density at radius 1 is 0.346 bits per heavy atom. The highest BCUT2D eigenvalue weighted by molar-refractivity contribution is 5.76. The van der Waals surface area contributed by atoms with Crippen LogP contribution >= 0.6 is 0 Å². The van der Waals surface area contributed by atoms with Crippen molar-refractivity contribution in [3.63, 3.8) is 0 Å². The van der Waals surface area contributed by atoms with Crippen LogP contribution in [-0.4, -0.2) is 47.4 Å². The van der Waals surface area contributed by atoms with E-state index in [9.17, 15) is 19.8 Å². The maximum absolute atomic E-state index is 12.5. The Labute approximate surface area is 506 Å². The van der Waals surface area contributed by atoms with Gasteiger partial charge in [0.15, 0.2) is 0 Å². The third-order valence-corrected chi connectivity index (χ3v) is 17.2. The summed E-state index contributed by atoms with van der Waals surface area (Å²) in [5, 5.41) is 23.2. The summed E-state index contributed by atoms with van der Waals surface area (Å²) in [7, 11) is 0. The number of unbranched alkanes of at least 4 members (excludes halogenated alkanes) is 54. The third-order valence-electron chi connectivity index (χ3n) is 17.2. The smallest absolute Gasteiger partial charge is 0.305 e. The molecule has 0 aliphatic carbocycles.